The third-order valence-corrected chi connectivity index (χ3v) is 14.1. The summed E-state index contributed by atoms with van der Waals surface area (Å²) >= 11 is 0. The van der Waals surface area contributed by atoms with Crippen LogP contribution in [0.2, 0.25) is 18.1 Å². The monoisotopic (exact) mass is 795 g/mol. The Labute approximate surface area is 333 Å². The Morgan fingerprint density at radius 1 is 0.389 bits per heavy atom. The van der Waals surface area contributed by atoms with Crippen LogP contribution in [0.4, 0.5) is 0 Å². The fourth-order valence-corrected chi connectivity index (χ4v) is 6.17. The molecule has 0 aliphatic carbocycles. The van der Waals surface area contributed by atoms with Crippen LogP contribution in [0.5, 0.6) is 0 Å². The molecule has 324 valence electrons. The van der Waals surface area contributed by atoms with Crippen molar-refractivity contribution < 1.29 is 51.9 Å². The van der Waals surface area contributed by atoms with E-state index >= 15 is 0 Å². The Hall–Kier alpha value is -0.673. The second kappa shape index (κ2) is 40.5. The van der Waals surface area contributed by atoms with Gasteiger partial charge < -0.3 is 47.1 Å². The average molecular weight is 795 g/mol. The molecule has 0 fully saturated rings. The summed E-state index contributed by atoms with van der Waals surface area (Å²) in [5.41, 5.74) is 0. The van der Waals surface area contributed by atoms with Gasteiger partial charge in [-0.15, -0.1) is 0 Å². The summed E-state index contributed by atoms with van der Waals surface area (Å²) in [4.78, 5) is 11.9. The predicted molar refractivity (Wildman–Crippen MR) is 220 cm³/mol. The molecule has 0 aromatic heterocycles. The predicted octanol–water partition coefficient (Wildman–Crippen LogP) is 8.95. The molecule has 0 unspecified atom stereocenters. The molecule has 0 N–H and O–H groups in total. The van der Waals surface area contributed by atoms with Crippen LogP contribution >= 0.6 is 0 Å². The molecule has 0 atom stereocenters. The molecule has 0 amide bonds. The number of hydrogen-bond acceptors (Lipinski definition) is 11. The number of carbonyl (C=O) groups excluding carboxylic acids is 1. The molecule has 0 saturated heterocycles. The van der Waals surface area contributed by atoms with Crippen LogP contribution in [0.1, 0.15) is 130 Å². The molecule has 11 nitrogen and oxygen atoms in total. The Morgan fingerprint density at radius 2 is 0.648 bits per heavy atom. The van der Waals surface area contributed by atoms with Gasteiger partial charge in [-0.1, -0.05) is 118 Å². The second-order valence-corrected chi connectivity index (χ2v) is 20.2. The zero-order chi connectivity index (χ0) is 39.7. The van der Waals surface area contributed by atoms with Crippen molar-refractivity contribution in [1.82, 2.24) is 0 Å². The number of ether oxygens (including phenoxy) is 9. The summed E-state index contributed by atoms with van der Waals surface area (Å²) in [6.07, 6.45) is 20.3. The normalized spacial score (nSPS) is 12.2. The van der Waals surface area contributed by atoms with Crippen LogP contribution in [0, 0.1) is 0 Å². The van der Waals surface area contributed by atoms with Crippen LogP contribution in [-0.4, -0.2) is 133 Å². The minimum Gasteiger partial charge on any atom is -0.463 e. The van der Waals surface area contributed by atoms with E-state index in [2.05, 4.69) is 40.8 Å². The van der Waals surface area contributed by atoms with Crippen molar-refractivity contribution in [3.8, 4) is 0 Å². The lowest BCUT2D eigenvalue weighted by Gasteiger charge is -2.36. The number of rotatable bonds is 44. The van der Waals surface area contributed by atoms with Gasteiger partial charge in [0.2, 0.25) is 0 Å². The summed E-state index contributed by atoms with van der Waals surface area (Å²) in [7, 11) is -1.70. The summed E-state index contributed by atoms with van der Waals surface area (Å²) in [5, 5.41) is 0.216. The third kappa shape index (κ3) is 39.6. The maximum absolute atomic E-state index is 11.9. The smallest absolute Gasteiger partial charge is 0.305 e. The zero-order valence-electron chi connectivity index (χ0n) is 36.0. The second-order valence-electron chi connectivity index (χ2n) is 15.4. The summed E-state index contributed by atoms with van der Waals surface area (Å²) in [6.45, 7) is 22.5. The minimum absolute atomic E-state index is 0.127. The molecular weight excluding hydrogens is 709 g/mol. The Balaban J connectivity index is 3.19. The van der Waals surface area contributed by atoms with E-state index in [1.807, 2.05) is 0 Å². The minimum atomic E-state index is -1.70. The van der Waals surface area contributed by atoms with Gasteiger partial charge >= 0.3 is 5.97 Å². The van der Waals surface area contributed by atoms with Crippen molar-refractivity contribution in [2.75, 3.05) is 119 Å². The van der Waals surface area contributed by atoms with Gasteiger partial charge in [-0.3, -0.25) is 4.79 Å². The van der Waals surface area contributed by atoms with Gasteiger partial charge in [-0.05, 0) is 24.6 Å². The van der Waals surface area contributed by atoms with Crippen molar-refractivity contribution in [1.29, 1.82) is 0 Å². The van der Waals surface area contributed by atoms with E-state index in [-0.39, 0.29) is 11.0 Å². The average Bonchev–Trinajstić information content (AvgIpc) is 3.13. The SMILES string of the molecule is CCCCCCCCCCCCCCCCCC(=O)OCCOCCOCCOCCOCCOCCOCCOCCOCCO[Si](C)(C)C(C)(C)C. The van der Waals surface area contributed by atoms with Crippen molar-refractivity contribution in [2.45, 2.75) is 149 Å². The maximum atomic E-state index is 11.9. The van der Waals surface area contributed by atoms with Gasteiger partial charge in [0.15, 0.2) is 8.32 Å². The topological polar surface area (TPSA) is 109 Å². The fourth-order valence-electron chi connectivity index (χ4n) is 5.14. The first-order chi connectivity index (χ1) is 26.2. The van der Waals surface area contributed by atoms with Gasteiger partial charge in [-0.2, -0.15) is 0 Å². The first kappa shape index (κ1) is 53.3. The van der Waals surface area contributed by atoms with Crippen LogP contribution in [0.25, 0.3) is 0 Å². The highest BCUT2D eigenvalue weighted by molar-refractivity contribution is 6.74. The molecule has 0 bridgehead atoms. The van der Waals surface area contributed by atoms with Crippen molar-refractivity contribution in [3.05, 3.63) is 0 Å². The van der Waals surface area contributed by atoms with Crippen LogP contribution in [0.3, 0.4) is 0 Å². The number of unbranched alkanes of at least 4 members (excludes halogenated alkanes) is 14. The summed E-state index contributed by atoms with van der Waals surface area (Å²) < 4.78 is 55.5. The standard InChI is InChI=1S/C42H86O11Si/c1-7-8-9-10-11-12-13-14-15-16-17-18-19-20-21-22-41(43)52-39-37-50-35-33-48-31-29-46-27-25-44-23-24-45-26-28-47-30-32-49-34-36-51-38-40-53-54(5,6)42(2,3)4/h7-40H2,1-6H3. The molecule has 0 aliphatic rings. The summed E-state index contributed by atoms with van der Waals surface area (Å²) in [5.74, 6) is -0.127. The van der Waals surface area contributed by atoms with Crippen LogP contribution in [-0.2, 0) is 51.9 Å². The Kier molecular flexibility index (Phi) is 40.0. The van der Waals surface area contributed by atoms with Crippen LogP contribution < -0.4 is 0 Å². The van der Waals surface area contributed by atoms with E-state index in [1.54, 1.807) is 0 Å². The molecule has 0 aliphatic heterocycles. The molecule has 0 saturated carbocycles. The lowest BCUT2D eigenvalue weighted by atomic mass is 10.0. The molecule has 0 spiro atoms. The number of carbonyl (C=O) groups is 1. The highest BCUT2D eigenvalue weighted by Gasteiger charge is 2.36. The van der Waals surface area contributed by atoms with Gasteiger partial charge in [0.25, 0.3) is 0 Å². The lowest BCUT2D eigenvalue weighted by Crippen LogP contribution is -2.41. The van der Waals surface area contributed by atoms with E-state index in [4.69, 9.17) is 47.1 Å². The Morgan fingerprint density at radius 3 is 0.944 bits per heavy atom. The molecule has 12 heteroatoms. The first-order valence-electron chi connectivity index (χ1n) is 21.6. The van der Waals surface area contributed by atoms with Gasteiger partial charge in [-0.25, -0.2) is 0 Å². The Bertz CT molecular complexity index is 767. The van der Waals surface area contributed by atoms with Crippen molar-refractivity contribution in [3.63, 3.8) is 0 Å². The van der Waals surface area contributed by atoms with E-state index in [0.717, 1.165) is 12.8 Å². The molecule has 0 aromatic rings. The largest absolute Gasteiger partial charge is 0.463 e. The van der Waals surface area contributed by atoms with E-state index in [0.29, 0.717) is 125 Å². The van der Waals surface area contributed by atoms with E-state index in [9.17, 15) is 4.79 Å². The van der Waals surface area contributed by atoms with Gasteiger partial charge in [0, 0.05) is 6.42 Å². The first-order valence-corrected chi connectivity index (χ1v) is 24.5. The quantitative estimate of drug-likeness (QED) is 0.0335. The molecular formula is C42H86O11Si. The number of hydrogen-bond donors (Lipinski definition) is 0. The van der Waals surface area contributed by atoms with Gasteiger partial charge in [0.1, 0.15) is 6.61 Å². The molecule has 54 heavy (non-hydrogen) atoms. The van der Waals surface area contributed by atoms with E-state index in [1.165, 1.54) is 83.5 Å². The lowest BCUT2D eigenvalue weighted by molar-refractivity contribution is -0.145. The number of esters is 1. The van der Waals surface area contributed by atoms with Gasteiger partial charge in [0.05, 0.1) is 112 Å². The maximum Gasteiger partial charge on any atom is 0.305 e. The van der Waals surface area contributed by atoms with Crippen LogP contribution in [0.15, 0.2) is 0 Å². The summed E-state index contributed by atoms with van der Waals surface area (Å²) in [6, 6.07) is 0. The van der Waals surface area contributed by atoms with E-state index < -0.39 is 8.32 Å². The molecule has 0 radical (unpaired) electrons. The highest BCUT2D eigenvalue weighted by Crippen LogP contribution is 2.36. The molecule has 0 heterocycles. The van der Waals surface area contributed by atoms with Crippen molar-refractivity contribution >= 4 is 14.3 Å². The molecule has 0 rings (SSSR count). The third-order valence-electron chi connectivity index (χ3n) is 9.58. The molecule has 0 aromatic carbocycles. The van der Waals surface area contributed by atoms with Crippen molar-refractivity contribution in [2.24, 2.45) is 0 Å². The fraction of sp³-hybridized carbons (Fsp3) is 0.976. The highest BCUT2D eigenvalue weighted by atomic mass is 28.4. The zero-order valence-corrected chi connectivity index (χ0v) is 37.0.